The number of unbranched alkanes of at least 4 members (excludes halogenated alkanes) is 1. The molecule has 0 aliphatic carbocycles. The molecule has 0 saturated heterocycles. The van der Waals surface area contributed by atoms with Gasteiger partial charge in [-0.05, 0) is 49.6 Å². The van der Waals surface area contributed by atoms with Crippen LogP contribution in [-0.2, 0) is 9.53 Å². The zero-order valence-corrected chi connectivity index (χ0v) is 14.3. The highest BCUT2D eigenvalue weighted by Crippen LogP contribution is 2.31. The molecule has 0 N–H and O–H groups in total. The van der Waals surface area contributed by atoms with E-state index in [0.717, 1.165) is 41.5 Å². The molecule has 3 nitrogen and oxygen atoms in total. The van der Waals surface area contributed by atoms with Gasteiger partial charge in [0, 0.05) is 28.8 Å². The van der Waals surface area contributed by atoms with Crippen LogP contribution in [0, 0.1) is 0 Å². The average molecular weight is 352 g/mol. The maximum Gasteiger partial charge on any atom is 0.334 e. The summed E-state index contributed by atoms with van der Waals surface area (Å²) in [5, 5.41) is 0. The number of ether oxygens (including phenoxy) is 1. The Bertz CT molecular complexity index is 540. The molecule has 0 fully saturated rings. The maximum atomic E-state index is 12.0. The minimum absolute atomic E-state index is 0.194. The monoisotopic (exact) mass is 351 g/mol. The largest absolute Gasteiger partial charge is 0.463 e. The van der Waals surface area contributed by atoms with E-state index in [0.29, 0.717) is 6.61 Å². The number of nitrogens with zero attached hydrogens (tertiary/aromatic N) is 1. The van der Waals surface area contributed by atoms with Gasteiger partial charge >= 0.3 is 5.97 Å². The molecule has 0 unspecified atom stereocenters. The first kappa shape index (κ1) is 16.1. The lowest BCUT2D eigenvalue weighted by Gasteiger charge is -2.25. The Morgan fingerprint density at radius 3 is 2.90 bits per heavy atom. The van der Waals surface area contributed by atoms with E-state index in [9.17, 15) is 4.79 Å². The van der Waals surface area contributed by atoms with Crippen molar-refractivity contribution in [2.45, 2.75) is 33.1 Å². The van der Waals surface area contributed by atoms with Crippen LogP contribution in [0.4, 0.5) is 5.69 Å². The number of halogens is 1. The molecule has 1 aliphatic heterocycles. The van der Waals surface area contributed by atoms with Crippen molar-refractivity contribution in [3.8, 4) is 0 Å². The summed E-state index contributed by atoms with van der Waals surface area (Å²) >= 11 is 3.51. The Hall–Kier alpha value is -1.29. The highest BCUT2D eigenvalue weighted by Gasteiger charge is 2.19. The first-order chi connectivity index (χ1) is 10.2. The molecule has 0 aromatic heterocycles. The fourth-order valence-electron chi connectivity index (χ4n) is 2.53. The topological polar surface area (TPSA) is 29.5 Å². The van der Waals surface area contributed by atoms with E-state index in [1.807, 2.05) is 13.0 Å². The predicted octanol–water partition coefficient (Wildman–Crippen LogP) is 4.41. The molecule has 1 aliphatic rings. The summed E-state index contributed by atoms with van der Waals surface area (Å²) in [7, 11) is 0. The van der Waals surface area contributed by atoms with Gasteiger partial charge in [-0.3, -0.25) is 0 Å². The second-order valence-corrected chi connectivity index (χ2v) is 6.10. The molecule has 2 rings (SSSR count). The fourth-order valence-corrected chi connectivity index (χ4v) is 2.91. The number of rotatable bonds is 5. The van der Waals surface area contributed by atoms with Crippen molar-refractivity contribution < 1.29 is 9.53 Å². The highest BCUT2D eigenvalue weighted by molar-refractivity contribution is 9.10. The van der Waals surface area contributed by atoms with Gasteiger partial charge in [-0.2, -0.15) is 0 Å². The lowest BCUT2D eigenvalue weighted by molar-refractivity contribution is -0.138. The van der Waals surface area contributed by atoms with Crippen molar-refractivity contribution in [2.75, 3.05) is 24.6 Å². The molecule has 4 heteroatoms. The first-order valence-corrected chi connectivity index (χ1v) is 8.37. The van der Waals surface area contributed by atoms with E-state index in [2.05, 4.69) is 46.0 Å². The number of carbonyl (C=O) groups excluding carboxylic acids is 1. The van der Waals surface area contributed by atoms with Crippen LogP contribution >= 0.6 is 15.9 Å². The maximum absolute atomic E-state index is 12.0. The number of benzene rings is 1. The Labute approximate surface area is 135 Å². The number of carbonyl (C=O) groups is 1. The third-order valence-corrected chi connectivity index (χ3v) is 4.12. The van der Waals surface area contributed by atoms with E-state index in [1.54, 1.807) is 0 Å². The van der Waals surface area contributed by atoms with E-state index in [4.69, 9.17) is 4.74 Å². The quantitative estimate of drug-likeness (QED) is 0.736. The van der Waals surface area contributed by atoms with Crippen molar-refractivity contribution in [2.24, 2.45) is 0 Å². The number of esters is 1. The molecule has 0 atom stereocenters. The third-order valence-electron chi connectivity index (χ3n) is 3.63. The number of hydrogen-bond donors (Lipinski definition) is 0. The van der Waals surface area contributed by atoms with Gasteiger partial charge in [-0.15, -0.1) is 0 Å². The minimum Gasteiger partial charge on any atom is -0.463 e. The normalized spacial score (nSPS) is 14.2. The summed E-state index contributed by atoms with van der Waals surface area (Å²) < 4.78 is 6.19. The molecule has 0 radical (unpaired) electrons. The Kier molecular flexibility index (Phi) is 5.85. The smallest absolute Gasteiger partial charge is 0.334 e. The molecule has 21 heavy (non-hydrogen) atoms. The second kappa shape index (κ2) is 7.64. The molecule has 0 spiro atoms. The molecule has 0 saturated carbocycles. The minimum atomic E-state index is -0.194. The second-order valence-electron chi connectivity index (χ2n) is 5.18. The van der Waals surface area contributed by atoms with E-state index in [-0.39, 0.29) is 5.97 Å². The standard InChI is InChI=1S/C17H22BrNO2/c1-3-5-9-19-10-8-13(17(20)21-4-2)11-14-12-15(18)6-7-16(14)19/h6-7,11-12H,3-5,8-10H2,1-2H3. The molecule has 0 bridgehead atoms. The SMILES string of the molecule is CCCCN1CCC(C(=O)OCC)=Cc2cc(Br)ccc21. The van der Waals surface area contributed by atoms with Crippen molar-refractivity contribution >= 4 is 33.7 Å². The van der Waals surface area contributed by atoms with Gasteiger partial charge in [0.15, 0.2) is 0 Å². The molecular weight excluding hydrogens is 330 g/mol. The van der Waals surface area contributed by atoms with Crippen LogP contribution in [0.1, 0.15) is 38.7 Å². The molecular formula is C17H22BrNO2. The fraction of sp³-hybridized carbons (Fsp3) is 0.471. The van der Waals surface area contributed by atoms with Gasteiger partial charge in [-0.25, -0.2) is 4.79 Å². The van der Waals surface area contributed by atoms with Gasteiger partial charge in [0.1, 0.15) is 0 Å². The zero-order valence-electron chi connectivity index (χ0n) is 12.7. The summed E-state index contributed by atoms with van der Waals surface area (Å²) in [6.07, 6.45) is 5.03. The Balaban J connectivity index is 2.32. The summed E-state index contributed by atoms with van der Waals surface area (Å²) in [5.74, 6) is -0.194. The van der Waals surface area contributed by atoms with Crippen LogP contribution < -0.4 is 4.90 Å². The summed E-state index contributed by atoms with van der Waals surface area (Å²) in [6, 6.07) is 6.25. The molecule has 1 aromatic rings. The van der Waals surface area contributed by atoms with Crippen LogP contribution in [0.5, 0.6) is 0 Å². The van der Waals surface area contributed by atoms with Crippen LogP contribution in [0.15, 0.2) is 28.2 Å². The molecule has 114 valence electrons. The van der Waals surface area contributed by atoms with Gasteiger partial charge in [-0.1, -0.05) is 29.3 Å². The van der Waals surface area contributed by atoms with E-state index < -0.39 is 0 Å². The van der Waals surface area contributed by atoms with Gasteiger partial charge < -0.3 is 9.64 Å². The summed E-state index contributed by atoms with van der Waals surface area (Å²) in [6.45, 7) is 6.34. The lowest BCUT2D eigenvalue weighted by atomic mass is 10.1. The Morgan fingerprint density at radius 2 is 2.19 bits per heavy atom. The first-order valence-electron chi connectivity index (χ1n) is 7.58. The molecule has 0 amide bonds. The molecule has 1 aromatic carbocycles. The van der Waals surface area contributed by atoms with Crippen molar-refractivity contribution in [1.82, 2.24) is 0 Å². The lowest BCUT2D eigenvalue weighted by Crippen LogP contribution is -2.26. The van der Waals surface area contributed by atoms with Crippen LogP contribution in [0.2, 0.25) is 0 Å². The van der Waals surface area contributed by atoms with Crippen molar-refractivity contribution in [3.05, 3.63) is 33.8 Å². The van der Waals surface area contributed by atoms with Crippen LogP contribution in [-0.4, -0.2) is 25.7 Å². The van der Waals surface area contributed by atoms with Gasteiger partial charge in [0.25, 0.3) is 0 Å². The Morgan fingerprint density at radius 1 is 1.38 bits per heavy atom. The molecule has 1 heterocycles. The van der Waals surface area contributed by atoms with Gasteiger partial charge in [0.05, 0.1) is 6.61 Å². The highest BCUT2D eigenvalue weighted by atomic mass is 79.9. The summed E-state index contributed by atoms with van der Waals surface area (Å²) in [4.78, 5) is 14.4. The van der Waals surface area contributed by atoms with Crippen LogP contribution in [0.25, 0.3) is 6.08 Å². The average Bonchev–Trinajstić information content (AvgIpc) is 2.64. The van der Waals surface area contributed by atoms with E-state index >= 15 is 0 Å². The van der Waals surface area contributed by atoms with E-state index in [1.165, 1.54) is 12.1 Å². The summed E-state index contributed by atoms with van der Waals surface area (Å²) in [5.41, 5.74) is 3.04. The van der Waals surface area contributed by atoms with Crippen molar-refractivity contribution in [1.29, 1.82) is 0 Å². The number of hydrogen-bond acceptors (Lipinski definition) is 3. The van der Waals surface area contributed by atoms with Crippen molar-refractivity contribution in [3.63, 3.8) is 0 Å². The third kappa shape index (κ3) is 4.10. The number of anilines is 1. The number of fused-ring (bicyclic) bond motifs is 1. The zero-order chi connectivity index (χ0) is 15.2. The van der Waals surface area contributed by atoms with Crippen LogP contribution in [0.3, 0.4) is 0 Å². The predicted molar refractivity (Wildman–Crippen MR) is 90.5 cm³/mol. The van der Waals surface area contributed by atoms with Gasteiger partial charge in [0.2, 0.25) is 0 Å².